The van der Waals surface area contributed by atoms with Crippen molar-refractivity contribution in [2.24, 2.45) is 41.4 Å². The van der Waals surface area contributed by atoms with E-state index < -0.39 is 57.7 Å². The van der Waals surface area contributed by atoms with Crippen LogP contribution >= 0.6 is 15.9 Å². The van der Waals surface area contributed by atoms with Gasteiger partial charge in [0.2, 0.25) is 5.82 Å². The highest BCUT2D eigenvalue weighted by molar-refractivity contribution is 9.09. The van der Waals surface area contributed by atoms with E-state index in [0.717, 1.165) is 6.42 Å². The lowest BCUT2D eigenvalue weighted by atomic mass is 9.69. The second-order valence-corrected chi connectivity index (χ2v) is 9.29. The molecular weight excluding hydrogens is 411 g/mol. The minimum absolute atomic E-state index is 0.0483. The summed E-state index contributed by atoms with van der Waals surface area (Å²) in [4.78, 5) is -0.324. The Morgan fingerprint density at radius 1 is 0.800 bits per heavy atom. The van der Waals surface area contributed by atoms with Crippen LogP contribution in [0.15, 0.2) is 0 Å². The summed E-state index contributed by atoms with van der Waals surface area (Å²) in [5.41, 5.74) is -4.76. The maximum Gasteiger partial charge on any atom is 0.200 e. The number of aliphatic hydroxyl groups is 2. The van der Waals surface area contributed by atoms with Crippen molar-refractivity contribution in [2.45, 2.75) is 22.5 Å². The molecule has 6 aliphatic rings. The van der Waals surface area contributed by atoms with Crippen molar-refractivity contribution >= 4 is 15.9 Å². The molecule has 8 heteroatoms. The molecule has 0 aliphatic heterocycles. The molecule has 6 fully saturated rings. The summed E-state index contributed by atoms with van der Waals surface area (Å²) in [6, 6.07) is 0. The third kappa shape index (κ3) is 1.16. The third-order valence-electron chi connectivity index (χ3n) is 8.08. The van der Waals surface area contributed by atoms with Crippen LogP contribution in [0.5, 0.6) is 0 Å². The average Bonchev–Trinajstić information content (AvgIpc) is 3.28. The molecule has 10 atom stereocenters. The molecule has 0 spiro atoms. The van der Waals surface area contributed by atoms with Crippen LogP contribution in [0, 0.1) is 70.5 Å². The SMILES string of the molecule is O[C@]1(c2c(F)c(F)c(F)c(F)c2F)[C@@H]2[C@@H]3C[C@@H]4[C@H]5[C@H]3[C@H]1[C@@](O)([C@H]42)[C@@H]5Br. The van der Waals surface area contributed by atoms with Crippen molar-refractivity contribution in [3.05, 3.63) is 34.6 Å². The van der Waals surface area contributed by atoms with E-state index in [0.29, 0.717) is 0 Å². The molecule has 0 unspecified atom stereocenters. The van der Waals surface area contributed by atoms with Crippen LogP contribution in [0.2, 0.25) is 0 Å². The second-order valence-electron chi connectivity index (χ2n) is 8.31. The zero-order valence-electron chi connectivity index (χ0n) is 12.5. The van der Waals surface area contributed by atoms with Crippen molar-refractivity contribution in [1.29, 1.82) is 0 Å². The van der Waals surface area contributed by atoms with Gasteiger partial charge in [0.05, 0.1) is 11.2 Å². The van der Waals surface area contributed by atoms with Gasteiger partial charge in [0.1, 0.15) is 5.60 Å². The molecule has 6 aliphatic carbocycles. The lowest BCUT2D eigenvalue weighted by Gasteiger charge is -2.38. The molecule has 6 bridgehead atoms. The normalized spacial score (nSPS) is 56.2. The number of benzene rings is 1. The highest BCUT2D eigenvalue weighted by atomic mass is 79.9. The van der Waals surface area contributed by atoms with Gasteiger partial charge < -0.3 is 10.2 Å². The average molecular weight is 423 g/mol. The van der Waals surface area contributed by atoms with Crippen LogP contribution < -0.4 is 0 Å². The molecule has 0 amide bonds. The molecule has 2 nitrogen and oxygen atoms in total. The van der Waals surface area contributed by atoms with Gasteiger partial charge in [-0.1, -0.05) is 15.9 Å². The van der Waals surface area contributed by atoms with Crippen molar-refractivity contribution < 1.29 is 32.2 Å². The molecular formula is C17H12BrF5O2. The van der Waals surface area contributed by atoms with Gasteiger partial charge in [0.15, 0.2) is 23.3 Å². The minimum atomic E-state index is -2.23. The van der Waals surface area contributed by atoms with Crippen LogP contribution in [0.25, 0.3) is 0 Å². The van der Waals surface area contributed by atoms with Gasteiger partial charge in [0, 0.05) is 16.7 Å². The summed E-state index contributed by atoms with van der Waals surface area (Å²) < 4.78 is 69.9. The molecule has 0 aromatic heterocycles. The summed E-state index contributed by atoms with van der Waals surface area (Å²) in [6.45, 7) is 0. The molecule has 1 aromatic rings. The van der Waals surface area contributed by atoms with Gasteiger partial charge >= 0.3 is 0 Å². The van der Waals surface area contributed by atoms with Crippen LogP contribution in [-0.4, -0.2) is 20.6 Å². The van der Waals surface area contributed by atoms with E-state index in [4.69, 9.17) is 0 Å². The molecule has 6 saturated carbocycles. The first-order valence-electron chi connectivity index (χ1n) is 8.29. The van der Waals surface area contributed by atoms with Crippen LogP contribution in [0.1, 0.15) is 12.0 Å². The maximum atomic E-state index is 14.5. The van der Waals surface area contributed by atoms with Crippen molar-refractivity contribution in [1.82, 2.24) is 0 Å². The van der Waals surface area contributed by atoms with E-state index in [-0.39, 0.29) is 34.4 Å². The Morgan fingerprint density at radius 3 is 1.88 bits per heavy atom. The maximum absolute atomic E-state index is 14.5. The van der Waals surface area contributed by atoms with Gasteiger partial charge in [-0.2, -0.15) is 0 Å². The summed E-state index contributed by atoms with van der Waals surface area (Å²) in [7, 11) is 0. The lowest BCUT2D eigenvalue weighted by molar-refractivity contribution is -0.0802. The smallest absolute Gasteiger partial charge is 0.200 e. The summed E-state index contributed by atoms with van der Waals surface area (Å²) in [5.74, 6) is -12.3. The Hall–Kier alpha value is -0.730. The second kappa shape index (κ2) is 3.92. The van der Waals surface area contributed by atoms with E-state index in [1.54, 1.807) is 0 Å². The fourth-order valence-electron chi connectivity index (χ4n) is 7.93. The highest BCUT2D eigenvalue weighted by Crippen LogP contribution is 2.89. The van der Waals surface area contributed by atoms with Crippen LogP contribution in [0.4, 0.5) is 22.0 Å². The molecule has 1 aromatic carbocycles. The molecule has 7 rings (SSSR count). The predicted molar refractivity (Wildman–Crippen MR) is 76.8 cm³/mol. The number of hydrogen-bond donors (Lipinski definition) is 2. The number of alkyl halides is 1. The molecule has 0 heterocycles. The van der Waals surface area contributed by atoms with Crippen LogP contribution in [-0.2, 0) is 5.60 Å². The highest BCUT2D eigenvalue weighted by Gasteiger charge is 2.93. The van der Waals surface area contributed by atoms with Crippen LogP contribution in [0.3, 0.4) is 0 Å². The number of hydrogen-bond acceptors (Lipinski definition) is 2. The van der Waals surface area contributed by atoms with E-state index in [1.165, 1.54) is 0 Å². The topological polar surface area (TPSA) is 40.5 Å². The van der Waals surface area contributed by atoms with E-state index in [9.17, 15) is 32.2 Å². The zero-order valence-corrected chi connectivity index (χ0v) is 14.1. The number of rotatable bonds is 1. The van der Waals surface area contributed by atoms with Crippen molar-refractivity contribution in [2.75, 3.05) is 0 Å². The Bertz CT molecular complexity index is 848. The quantitative estimate of drug-likeness (QED) is 0.316. The Labute approximate surface area is 147 Å². The first kappa shape index (κ1) is 15.3. The summed E-state index contributed by atoms with van der Waals surface area (Å²) >= 11 is 3.49. The first-order valence-corrected chi connectivity index (χ1v) is 9.20. The molecule has 2 N–H and O–H groups in total. The molecule has 134 valence electrons. The minimum Gasteiger partial charge on any atom is -0.388 e. The Balaban J connectivity index is 1.66. The fraction of sp³-hybridized carbons (Fsp3) is 0.647. The lowest BCUT2D eigenvalue weighted by Crippen LogP contribution is -2.47. The zero-order chi connectivity index (χ0) is 17.8. The monoisotopic (exact) mass is 422 g/mol. The van der Waals surface area contributed by atoms with Gasteiger partial charge in [-0.25, -0.2) is 22.0 Å². The first-order chi connectivity index (χ1) is 11.7. The predicted octanol–water partition coefficient (Wildman–Crippen LogP) is 2.84. The van der Waals surface area contributed by atoms with E-state index in [1.807, 2.05) is 0 Å². The van der Waals surface area contributed by atoms with Gasteiger partial charge in [-0.15, -0.1) is 0 Å². The Kier molecular flexibility index (Phi) is 2.40. The fourth-order valence-corrected chi connectivity index (χ4v) is 9.26. The van der Waals surface area contributed by atoms with E-state index >= 15 is 0 Å². The van der Waals surface area contributed by atoms with Gasteiger partial charge in [-0.05, 0) is 36.0 Å². The Morgan fingerprint density at radius 2 is 1.32 bits per heavy atom. The number of halogens is 6. The third-order valence-corrected chi connectivity index (χ3v) is 9.42. The van der Waals surface area contributed by atoms with E-state index in [2.05, 4.69) is 15.9 Å². The standard InChI is InChI=1S/C17H12BrF5O2/c18-15-5-3-1-2-4(5)14-16(24,6(2)7(3)17(14,15)25)8-9(19)11(21)13(23)12(22)10(8)20/h2-7,14-15,24-25H,1H2/t2-,3-,4+,5+,6-,7-,14-,15-,16+,17+/m1/s1. The molecule has 0 radical (unpaired) electrons. The van der Waals surface area contributed by atoms with Crippen molar-refractivity contribution in [3.8, 4) is 0 Å². The largest absolute Gasteiger partial charge is 0.388 e. The summed E-state index contributed by atoms with van der Waals surface area (Å²) in [6.07, 6.45) is 0.725. The molecule has 0 saturated heterocycles. The summed E-state index contributed by atoms with van der Waals surface area (Å²) in [5, 5.41) is 22.7. The van der Waals surface area contributed by atoms with Crippen molar-refractivity contribution in [3.63, 3.8) is 0 Å². The molecule has 25 heavy (non-hydrogen) atoms. The van der Waals surface area contributed by atoms with Gasteiger partial charge in [0.25, 0.3) is 0 Å². The van der Waals surface area contributed by atoms with Gasteiger partial charge in [-0.3, -0.25) is 0 Å².